The van der Waals surface area contributed by atoms with Crippen molar-refractivity contribution in [2.24, 2.45) is 0 Å². The van der Waals surface area contributed by atoms with Gasteiger partial charge in [-0.2, -0.15) is 5.10 Å². The van der Waals surface area contributed by atoms with E-state index in [1.807, 2.05) is 6.92 Å². The maximum atomic E-state index is 11.0. The Morgan fingerprint density at radius 2 is 2.21 bits per heavy atom. The fourth-order valence-electron chi connectivity index (χ4n) is 1.56. The number of hydrogen-bond donors (Lipinski definition) is 1. The van der Waals surface area contributed by atoms with Crippen LogP contribution in [0.25, 0.3) is 5.65 Å². The first-order chi connectivity index (χ1) is 6.61. The summed E-state index contributed by atoms with van der Waals surface area (Å²) < 4.78 is 1.52. The maximum Gasteiger partial charge on any atom is 0.339 e. The Balaban J connectivity index is 2.93. The lowest BCUT2D eigenvalue weighted by atomic mass is 10.1. The van der Waals surface area contributed by atoms with Crippen molar-refractivity contribution in [3.05, 3.63) is 29.2 Å². The minimum Gasteiger partial charge on any atom is -0.478 e. The van der Waals surface area contributed by atoms with Gasteiger partial charge in [0.05, 0.1) is 0 Å². The Morgan fingerprint density at radius 3 is 2.86 bits per heavy atom. The standard InChI is InChI=1S/C9H9N3O2/c1-5-3-6(2)12-8(10-4-11-12)7(5)9(13)14/h3-4H,1-2H3,(H,13,14). The van der Waals surface area contributed by atoms with Gasteiger partial charge in [-0.1, -0.05) is 0 Å². The van der Waals surface area contributed by atoms with E-state index in [4.69, 9.17) is 5.11 Å². The first-order valence-electron chi connectivity index (χ1n) is 4.14. The third kappa shape index (κ3) is 1.06. The molecule has 0 atom stereocenters. The van der Waals surface area contributed by atoms with Crippen molar-refractivity contribution in [2.75, 3.05) is 0 Å². The number of rotatable bonds is 1. The molecule has 14 heavy (non-hydrogen) atoms. The van der Waals surface area contributed by atoms with Gasteiger partial charge in [-0.3, -0.25) is 0 Å². The van der Waals surface area contributed by atoms with Gasteiger partial charge in [0.25, 0.3) is 0 Å². The predicted octanol–water partition coefficient (Wildman–Crippen LogP) is 1.04. The van der Waals surface area contributed by atoms with Crippen LogP contribution in [0.3, 0.4) is 0 Å². The van der Waals surface area contributed by atoms with E-state index in [-0.39, 0.29) is 5.56 Å². The Labute approximate surface area is 80.0 Å². The molecule has 72 valence electrons. The molecule has 5 nitrogen and oxygen atoms in total. The minimum atomic E-state index is -0.972. The smallest absolute Gasteiger partial charge is 0.339 e. The van der Waals surface area contributed by atoms with Gasteiger partial charge < -0.3 is 5.11 Å². The molecule has 5 heteroatoms. The van der Waals surface area contributed by atoms with Crippen molar-refractivity contribution in [1.82, 2.24) is 14.6 Å². The summed E-state index contributed by atoms with van der Waals surface area (Å²) in [6, 6.07) is 1.78. The third-order valence-corrected chi connectivity index (χ3v) is 2.14. The number of fused-ring (bicyclic) bond motifs is 1. The molecule has 0 saturated carbocycles. The van der Waals surface area contributed by atoms with Crippen LogP contribution in [-0.4, -0.2) is 25.7 Å². The molecule has 2 heterocycles. The number of carboxylic acid groups (broad SMARTS) is 1. The maximum absolute atomic E-state index is 11.0. The first kappa shape index (κ1) is 8.68. The van der Waals surface area contributed by atoms with Crippen LogP contribution in [0.1, 0.15) is 21.6 Å². The SMILES string of the molecule is Cc1cc(C)n2ncnc2c1C(=O)O. The van der Waals surface area contributed by atoms with E-state index in [0.29, 0.717) is 11.2 Å². The quantitative estimate of drug-likeness (QED) is 0.731. The Kier molecular flexibility index (Phi) is 1.73. The summed E-state index contributed by atoms with van der Waals surface area (Å²) in [4.78, 5) is 14.9. The second-order valence-electron chi connectivity index (χ2n) is 3.14. The van der Waals surface area contributed by atoms with E-state index in [0.717, 1.165) is 5.69 Å². The molecule has 0 spiro atoms. The van der Waals surface area contributed by atoms with Gasteiger partial charge in [-0.05, 0) is 25.5 Å². The largest absolute Gasteiger partial charge is 0.478 e. The predicted molar refractivity (Wildman–Crippen MR) is 49.4 cm³/mol. The van der Waals surface area contributed by atoms with Crippen molar-refractivity contribution in [2.45, 2.75) is 13.8 Å². The fourth-order valence-corrected chi connectivity index (χ4v) is 1.56. The van der Waals surface area contributed by atoms with Crippen molar-refractivity contribution < 1.29 is 9.90 Å². The highest BCUT2D eigenvalue weighted by molar-refractivity contribution is 5.95. The molecule has 0 amide bonds. The van der Waals surface area contributed by atoms with E-state index in [2.05, 4.69) is 10.1 Å². The van der Waals surface area contributed by atoms with Crippen molar-refractivity contribution in [3.8, 4) is 0 Å². The number of aromatic nitrogens is 3. The summed E-state index contributed by atoms with van der Waals surface area (Å²) in [7, 11) is 0. The molecular weight excluding hydrogens is 182 g/mol. The van der Waals surface area contributed by atoms with E-state index in [1.165, 1.54) is 10.8 Å². The number of aryl methyl sites for hydroxylation is 2. The zero-order valence-electron chi connectivity index (χ0n) is 7.85. The number of carboxylic acids is 1. The van der Waals surface area contributed by atoms with E-state index in [1.54, 1.807) is 13.0 Å². The lowest BCUT2D eigenvalue weighted by Gasteiger charge is -2.04. The third-order valence-electron chi connectivity index (χ3n) is 2.14. The number of hydrogen-bond acceptors (Lipinski definition) is 3. The zero-order chi connectivity index (χ0) is 10.3. The number of nitrogens with zero attached hydrogens (tertiary/aromatic N) is 3. The molecule has 0 fully saturated rings. The highest BCUT2D eigenvalue weighted by Crippen LogP contribution is 2.15. The zero-order valence-corrected chi connectivity index (χ0v) is 7.85. The molecule has 2 aromatic heterocycles. The van der Waals surface area contributed by atoms with Crippen LogP contribution < -0.4 is 0 Å². The molecule has 0 radical (unpaired) electrons. The average Bonchev–Trinajstić information content (AvgIpc) is 2.51. The molecule has 1 N–H and O–H groups in total. The van der Waals surface area contributed by atoms with Gasteiger partial charge in [0, 0.05) is 5.69 Å². The highest BCUT2D eigenvalue weighted by atomic mass is 16.4. The normalized spacial score (nSPS) is 10.7. The summed E-state index contributed by atoms with van der Waals surface area (Å²) in [6.45, 7) is 3.62. The molecule has 2 rings (SSSR count). The van der Waals surface area contributed by atoms with Crippen molar-refractivity contribution in [3.63, 3.8) is 0 Å². The Hall–Kier alpha value is -1.91. The van der Waals surface area contributed by atoms with Gasteiger partial charge >= 0.3 is 5.97 Å². The number of carbonyl (C=O) groups is 1. The first-order valence-corrected chi connectivity index (χ1v) is 4.14. The summed E-state index contributed by atoms with van der Waals surface area (Å²) in [5.41, 5.74) is 2.19. The molecular formula is C9H9N3O2. The van der Waals surface area contributed by atoms with Crippen molar-refractivity contribution >= 4 is 11.6 Å². The van der Waals surface area contributed by atoms with E-state index in [9.17, 15) is 4.79 Å². The van der Waals surface area contributed by atoms with Crippen LogP contribution in [0.2, 0.25) is 0 Å². The number of aromatic carboxylic acids is 1. The highest BCUT2D eigenvalue weighted by Gasteiger charge is 2.15. The Morgan fingerprint density at radius 1 is 1.50 bits per heavy atom. The van der Waals surface area contributed by atoms with Crippen LogP contribution in [0, 0.1) is 13.8 Å². The fraction of sp³-hybridized carbons (Fsp3) is 0.222. The summed E-state index contributed by atoms with van der Waals surface area (Å²) in [5.74, 6) is -0.972. The summed E-state index contributed by atoms with van der Waals surface area (Å²) in [6.07, 6.45) is 1.36. The lowest BCUT2D eigenvalue weighted by Crippen LogP contribution is -2.06. The molecule has 2 aromatic rings. The van der Waals surface area contributed by atoms with Gasteiger partial charge in [-0.15, -0.1) is 0 Å². The van der Waals surface area contributed by atoms with E-state index < -0.39 is 5.97 Å². The molecule has 0 aliphatic heterocycles. The molecule has 0 saturated heterocycles. The lowest BCUT2D eigenvalue weighted by molar-refractivity contribution is 0.0697. The monoisotopic (exact) mass is 191 g/mol. The molecule has 0 unspecified atom stereocenters. The van der Waals surface area contributed by atoms with Crippen LogP contribution in [0.15, 0.2) is 12.4 Å². The number of pyridine rings is 1. The molecule has 0 bridgehead atoms. The average molecular weight is 191 g/mol. The van der Waals surface area contributed by atoms with Crippen molar-refractivity contribution in [1.29, 1.82) is 0 Å². The molecule has 0 aliphatic carbocycles. The second-order valence-corrected chi connectivity index (χ2v) is 3.14. The van der Waals surface area contributed by atoms with Crippen LogP contribution >= 0.6 is 0 Å². The van der Waals surface area contributed by atoms with E-state index >= 15 is 0 Å². The van der Waals surface area contributed by atoms with Crippen LogP contribution in [-0.2, 0) is 0 Å². The summed E-state index contributed by atoms with van der Waals surface area (Å²) >= 11 is 0. The minimum absolute atomic E-state index is 0.216. The second kappa shape index (κ2) is 2.80. The van der Waals surface area contributed by atoms with Gasteiger partial charge in [-0.25, -0.2) is 14.3 Å². The van der Waals surface area contributed by atoms with Gasteiger partial charge in [0.2, 0.25) is 0 Å². The van der Waals surface area contributed by atoms with Gasteiger partial charge in [0.15, 0.2) is 5.65 Å². The van der Waals surface area contributed by atoms with Crippen LogP contribution in [0.4, 0.5) is 0 Å². The Bertz CT molecular complexity index is 516. The van der Waals surface area contributed by atoms with Crippen LogP contribution in [0.5, 0.6) is 0 Å². The topological polar surface area (TPSA) is 67.5 Å². The summed E-state index contributed by atoms with van der Waals surface area (Å²) in [5, 5.41) is 12.9. The molecule has 0 aliphatic rings. The van der Waals surface area contributed by atoms with Gasteiger partial charge in [0.1, 0.15) is 11.9 Å². The molecule has 0 aromatic carbocycles.